The van der Waals surface area contributed by atoms with Crippen molar-refractivity contribution in [2.75, 3.05) is 5.32 Å². The molecule has 3 N–H and O–H groups in total. The monoisotopic (exact) mass is 523 g/mol. The van der Waals surface area contributed by atoms with Crippen LogP contribution in [0.25, 0.3) is 55.8 Å². The van der Waals surface area contributed by atoms with Crippen LogP contribution in [0, 0.1) is 17.0 Å². The zero-order valence-corrected chi connectivity index (χ0v) is 21.3. The number of fused-ring (bicyclic) bond motifs is 2. The Morgan fingerprint density at radius 3 is 2.54 bits per heavy atom. The number of carbonyl (C=O) groups is 1. The number of aromatic amines is 2. The molecule has 0 atom stereocenters. The minimum atomic E-state index is -0.608. The standard InChI is InChI=1S/C29H23F2N7O/c1-29(2,3)28(39)34-18-11-16(12-32-13-18)24-23(31)22-21(14-33-24)37-38-26(22)27-35-20-9-5-8-19(25(20)36-27)15-6-4-7-17(30)10-15/h4-14H,1-3H3,(H,34,39)(H,35,36)(H,37,38). The Bertz CT molecular complexity index is 1880. The van der Waals surface area contributed by atoms with Gasteiger partial charge < -0.3 is 10.3 Å². The highest BCUT2D eigenvalue weighted by Crippen LogP contribution is 2.35. The Kier molecular flexibility index (Phi) is 5.67. The van der Waals surface area contributed by atoms with Gasteiger partial charge in [-0.1, -0.05) is 45.0 Å². The molecule has 194 valence electrons. The molecular weight excluding hydrogens is 500 g/mol. The van der Waals surface area contributed by atoms with E-state index in [1.807, 2.05) is 18.2 Å². The normalized spacial score (nSPS) is 11.8. The molecule has 0 saturated carbocycles. The number of halogens is 2. The van der Waals surface area contributed by atoms with Crippen molar-refractivity contribution in [2.45, 2.75) is 20.8 Å². The van der Waals surface area contributed by atoms with Crippen molar-refractivity contribution in [3.63, 3.8) is 0 Å². The highest BCUT2D eigenvalue weighted by molar-refractivity contribution is 5.98. The van der Waals surface area contributed by atoms with Gasteiger partial charge in [-0.2, -0.15) is 5.10 Å². The van der Waals surface area contributed by atoms with Crippen LogP contribution in [-0.4, -0.2) is 36.0 Å². The number of aromatic nitrogens is 6. The summed E-state index contributed by atoms with van der Waals surface area (Å²) in [6, 6.07) is 13.4. The molecule has 6 aromatic rings. The van der Waals surface area contributed by atoms with Crippen LogP contribution in [0.1, 0.15) is 20.8 Å². The number of hydrogen-bond acceptors (Lipinski definition) is 5. The van der Waals surface area contributed by atoms with Gasteiger partial charge in [0, 0.05) is 22.7 Å². The van der Waals surface area contributed by atoms with Crippen LogP contribution >= 0.6 is 0 Å². The molecule has 0 radical (unpaired) electrons. The molecule has 4 heterocycles. The highest BCUT2D eigenvalue weighted by atomic mass is 19.1. The van der Waals surface area contributed by atoms with Crippen molar-refractivity contribution in [1.29, 1.82) is 0 Å². The first-order valence-electron chi connectivity index (χ1n) is 12.2. The van der Waals surface area contributed by atoms with Gasteiger partial charge in [0.25, 0.3) is 0 Å². The maximum absolute atomic E-state index is 16.0. The molecule has 0 aliphatic carbocycles. The lowest BCUT2D eigenvalue weighted by atomic mass is 9.95. The van der Waals surface area contributed by atoms with Crippen molar-refractivity contribution in [2.24, 2.45) is 5.41 Å². The topological polar surface area (TPSA) is 112 Å². The van der Waals surface area contributed by atoms with E-state index in [-0.39, 0.29) is 28.5 Å². The molecular formula is C29H23F2N7O. The first-order chi connectivity index (χ1) is 18.7. The minimum Gasteiger partial charge on any atom is -0.337 e. The lowest BCUT2D eigenvalue weighted by Gasteiger charge is -2.17. The lowest BCUT2D eigenvalue weighted by molar-refractivity contribution is -0.123. The van der Waals surface area contributed by atoms with E-state index in [1.54, 1.807) is 39.0 Å². The average molecular weight is 524 g/mol. The summed E-state index contributed by atoms with van der Waals surface area (Å²) in [6.45, 7) is 5.40. The van der Waals surface area contributed by atoms with Gasteiger partial charge in [0.05, 0.1) is 40.0 Å². The molecule has 0 fully saturated rings. The summed E-state index contributed by atoms with van der Waals surface area (Å²) >= 11 is 0. The number of rotatable bonds is 4. The van der Waals surface area contributed by atoms with E-state index in [2.05, 4.69) is 30.5 Å². The minimum absolute atomic E-state index is 0.0565. The predicted molar refractivity (Wildman–Crippen MR) is 146 cm³/mol. The fraction of sp³-hybridized carbons (Fsp3) is 0.138. The number of imidazole rings is 1. The van der Waals surface area contributed by atoms with Crippen LogP contribution in [0.5, 0.6) is 0 Å². The Morgan fingerprint density at radius 2 is 1.74 bits per heavy atom. The summed E-state index contributed by atoms with van der Waals surface area (Å²) in [5, 5.41) is 10.2. The summed E-state index contributed by atoms with van der Waals surface area (Å²) in [5.74, 6) is -0.800. The average Bonchev–Trinajstić information content (AvgIpc) is 3.53. The van der Waals surface area contributed by atoms with Gasteiger partial charge >= 0.3 is 0 Å². The summed E-state index contributed by atoms with van der Waals surface area (Å²) in [7, 11) is 0. The van der Waals surface area contributed by atoms with Gasteiger partial charge in [-0.05, 0) is 29.8 Å². The number of H-pyrrole nitrogens is 2. The molecule has 10 heteroatoms. The second-order valence-corrected chi connectivity index (χ2v) is 10.2. The van der Waals surface area contributed by atoms with Crippen LogP contribution in [0.15, 0.2) is 67.1 Å². The molecule has 2 aromatic carbocycles. The van der Waals surface area contributed by atoms with Crippen molar-refractivity contribution < 1.29 is 13.6 Å². The van der Waals surface area contributed by atoms with E-state index in [0.717, 1.165) is 5.56 Å². The van der Waals surface area contributed by atoms with E-state index >= 15 is 4.39 Å². The quantitative estimate of drug-likeness (QED) is 0.244. The van der Waals surface area contributed by atoms with Crippen LogP contribution in [-0.2, 0) is 4.79 Å². The van der Waals surface area contributed by atoms with Crippen molar-refractivity contribution in [1.82, 2.24) is 30.1 Å². The maximum atomic E-state index is 16.0. The van der Waals surface area contributed by atoms with Crippen LogP contribution in [0.3, 0.4) is 0 Å². The van der Waals surface area contributed by atoms with E-state index in [9.17, 15) is 9.18 Å². The van der Waals surface area contributed by atoms with E-state index in [0.29, 0.717) is 39.2 Å². The molecule has 0 unspecified atom stereocenters. The number of para-hydroxylation sites is 1. The fourth-order valence-electron chi connectivity index (χ4n) is 4.34. The first kappa shape index (κ1) is 24.4. The molecule has 39 heavy (non-hydrogen) atoms. The molecule has 0 aliphatic heterocycles. The highest BCUT2D eigenvalue weighted by Gasteiger charge is 2.23. The number of amides is 1. The van der Waals surface area contributed by atoms with Gasteiger partial charge in [0.1, 0.15) is 17.2 Å². The molecule has 0 aliphatic rings. The number of carbonyl (C=O) groups excluding carboxylic acids is 1. The smallest absolute Gasteiger partial charge is 0.229 e. The second kappa shape index (κ2) is 9.09. The van der Waals surface area contributed by atoms with Gasteiger partial charge in [-0.15, -0.1) is 0 Å². The van der Waals surface area contributed by atoms with Gasteiger partial charge in [0.15, 0.2) is 11.6 Å². The van der Waals surface area contributed by atoms with Crippen LogP contribution in [0.4, 0.5) is 14.5 Å². The van der Waals surface area contributed by atoms with Crippen molar-refractivity contribution in [3.8, 4) is 33.9 Å². The largest absolute Gasteiger partial charge is 0.337 e. The number of nitrogens with one attached hydrogen (secondary N) is 3. The number of benzene rings is 2. The maximum Gasteiger partial charge on any atom is 0.229 e. The van der Waals surface area contributed by atoms with Crippen molar-refractivity contribution in [3.05, 3.63) is 78.8 Å². The number of pyridine rings is 2. The third kappa shape index (κ3) is 4.39. The second-order valence-electron chi connectivity index (χ2n) is 10.2. The predicted octanol–water partition coefficient (Wildman–Crippen LogP) is 6.49. The number of nitrogens with zero attached hydrogens (tertiary/aromatic N) is 4. The summed E-state index contributed by atoms with van der Waals surface area (Å²) in [5.41, 5.74) is 3.66. The molecule has 8 nitrogen and oxygen atoms in total. The molecule has 6 rings (SSSR count). The molecule has 0 saturated heterocycles. The summed E-state index contributed by atoms with van der Waals surface area (Å²) in [4.78, 5) is 28.8. The van der Waals surface area contributed by atoms with E-state index in [1.165, 1.54) is 30.7 Å². The fourth-order valence-corrected chi connectivity index (χ4v) is 4.34. The Balaban J connectivity index is 1.44. The third-order valence-electron chi connectivity index (χ3n) is 6.37. The number of anilines is 1. The molecule has 0 bridgehead atoms. The Labute approximate surface area is 221 Å². The van der Waals surface area contributed by atoms with Gasteiger partial charge in [-0.3, -0.25) is 19.9 Å². The molecule has 1 amide bonds. The van der Waals surface area contributed by atoms with Gasteiger partial charge in [-0.25, -0.2) is 13.8 Å². The summed E-state index contributed by atoms with van der Waals surface area (Å²) < 4.78 is 29.9. The zero-order chi connectivity index (χ0) is 27.3. The van der Waals surface area contributed by atoms with Crippen LogP contribution in [0.2, 0.25) is 0 Å². The van der Waals surface area contributed by atoms with E-state index in [4.69, 9.17) is 4.98 Å². The Morgan fingerprint density at radius 1 is 0.923 bits per heavy atom. The zero-order valence-electron chi connectivity index (χ0n) is 21.3. The first-order valence-corrected chi connectivity index (χ1v) is 12.2. The van der Waals surface area contributed by atoms with Crippen molar-refractivity contribution >= 4 is 33.5 Å². The molecule has 0 spiro atoms. The van der Waals surface area contributed by atoms with Crippen LogP contribution < -0.4 is 5.32 Å². The SMILES string of the molecule is CC(C)(C)C(=O)Nc1cncc(-c2ncc3[nH]nc(-c4nc5c(-c6cccc(F)c6)cccc5[nH]4)c3c2F)c1. The van der Waals surface area contributed by atoms with Gasteiger partial charge in [0.2, 0.25) is 5.91 Å². The Hall–Kier alpha value is -4.99. The third-order valence-corrected chi connectivity index (χ3v) is 6.37. The lowest BCUT2D eigenvalue weighted by Crippen LogP contribution is -2.27. The number of hydrogen-bond donors (Lipinski definition) is 3. The summed E-state index contributed by atoms with van der Waals surface area (Å²) in [6.07, 6.45) is 4.47. The van der Waals surface area contributed by atoms with E-state index < -0.39 is 11.2 Å². The molecule has 4 aromatic heterocycles.